The number of pyridine rings is 1. The number of hydrogen-bond acceptors (Lipinski definition) is 4. The minimum Gasteiger partial charge on any atom is -0.477 e. The topological polar surface area (TPSA) is 71.2 Å². The Bertz CT molecular complexity index is 854. The zero-order chi connectivity index (χ0) is 22.4. The number of carboxylic acid groups (broad SMARTS) is 1. The molecule has 0 saturated carbocycles. The van der Waals surface area contributed by atoms with Gasteiger partial charge < -0.3 is 10.0 Å². The molecule has 6 nitrogen and oxygen atoms in total. The summed E-state index contributed by atoms with van der Waals surface area (Å²) in [4.78, 5) is 18.9. The number of hydrogen-bond donors (Lipinski definition) is 1. The molecule has 0 bridgehead atoms. The summed E-state index contributed by atoms with van der Waals surface area (Å²) in [6.07, 6.45) is 9.88. The fourth-order valence-corrected chi connectivity index (χ4v) is 4.79. The largest absolute Gasteiger partial charge is 0.477 e. The van der Waals surface area contributed by atoms with Gasteiger partial charge in [-0.3, -0.25) is 9.67 Å². The predicted octanol–water partition coefficient (Wildman–Crippen LogP) is 4.92. The van der Waals surface area contributed by atoms with E-state index in [4.69, 9.17) is 5.10 Å². The molecule has 0 atom stereocenters. The van der Waals surface area contributed by atoms with Crippen molar-refractivity contribution in [3.63, 3.8) is 0 Å². The van der Waals surface area contributed by atoms with Crippen molar-refractivity contribution in [1.82, 2.24) is 19.7 Å². The average Bonchev–Trinajstić information content (AvgIpc) is 3.18. The fourth-order valence-electron chi connectivity index (χ4n) is 4.79. The van der Waals surface area contributed by atoms with Gasteiger partial charge in [-0.25, -0.2) is 4.79 Å². The standard InChI is InChI=1S/C25H38N4O2/c1-5-18(6-2)16-28(17-19(7-3)8-4)13-14-29-24(25(30)31)22-10-9-20-15-26-12-11-21(20)23(22)27-29/h11-12,15,18-19H,5-10,13-14,16-17H2,1-4H3,(H,30,31). The number of nitrogens with zero attached hydrogens (tertiary/aromatic N) is 4. The van der Waals surface area contributed by atoms with Crippen molar-refractivity contribution in [3.05, 3.63) is 35.3 Å². The summed E-state index contributed by atoms with van der Waals surface area (Å²) in [5.74, 6) is 0.481. The molecular formula is C25H38N4O2. The van der Waals surface area contributed by atoms with E-state index in [1.54, 1.807) is 10.9 Å². The summed E-state index contributed by atoms with van der Waals surface area (Å²) in [6, 6.07) is 1.96. The first-order chi connectivity index (χ1) is 15.0. The van der Waals surface area contributed by atoms with Gasteiger partial charge in [0.2, 0.25) is 0 Å². The van der Waals surface area contributed by atoms with Crippen molar-refractivity contribution in [2.24, 2.45) is 11.8 Å². The van der Waals surface area contributed by atoms with Crippen LogP contribution in [0.1, 0.15) is 75.0 Å². The van der Waals surface area contributed by atoms with E-state index >= 15 is 0 Å². The van der Waals surface area contributed by atoms with Gasteiger partial charge in [-0.1, -0.05) is 53.4 Å². The zero-order valence-electron chi connectivity index (χ0n) is 19.6. The van der Waals surface area contributed by atoms with Crippen molar-refractivity contribution in [2.45, 2.75) is 72.8 Å². The van der Waals surface area contributed by atoms with E-state index in [-0.39, 0.29) is 0 Å². The summed E-state index contributed by atoms with van der Waals surface area (Å²) in [5.41, 5.74) is 4.25. The molecule has 1 aliphatic carbocycles. The third-order valence-electron chi connectivity index (χ3n) is 7.03. The molecule has 2 aromatic rings. The first-order valence-corrected chi connectivity index (χ1v) is 12.0. The number of aromatic carboxylic acids is 1. The molecule has 0 fully saturated rings. The van der Waals surface area contributed by atoms with Crippen molar-refractivity contribution in [1.29, 1.82) is 0 Å². The van der Waals surface area contributed by atoms with Crippen LogP contribution in [0, 0.1) is 11.8 Å². The Morgan fingerprint density at radius 2 is 1.74 bits per heavy atom. The van der Waals surface area contributed by atoms with E-state index in [1.165, 1.54) is 25.7 Å². The Labute approximate surface area is 186 Å². The highest BCUT2D eigenvalue weighted by molar-refractivity contribution is 5.90. The first kappa shape index (κ1) is 23.5. The molecule has 1 aliphatic rings. The molecule has 31 heavy (non-hydrogen) atoms. The SMILES string of the molecule is CCC(CC)CN(CCn1nc2c(c1C(=O)O)CCc1cnccc1-2)CC(CC)CC. The smallest absolute Gasteiger partial charge is 0.354 e. The highest BCUT2D eigenvalue weighted by Crippen LogP contribution is 2.34. The average molecular weight is 427 g/mol. The molecule has 0 radical (unpaired) electrons. The Morgan fingerprint density at radius 1 is 1.10 bits per heavy atom. The monoisotopic (exact) mass is 426 g/mol. The molecule has 0 saturated heterocycles. The maximum atomic E-state index is 12.2. The van der Waals surface area contributed by atoms with Crippen molar-refractivity contribution in [3.8, 4) is 11.3 Å². The Kier molecular flexibility index (Phi) is 8.24. The second-order valence-electron chi connectivity index (χ2n) is 8.86. The minimum atomic E-state index is -0.877. The van der Waals surface area contributed by atoms with E-state index in [0.29, 0.717) is 30.5 Å². The molecule has 2 aromatic heterocycles. The van der Waals surface area contributed by atoms with Crippen molar-refractivity contribution in [2.75, 3.05) is 19.6 Å². The molecule has 0 amide bonds. The van der Waals surface area contributed by atoms with Gasteiger partial charge in [-0.05, 0) is 36.3 Å². The van der Waals surface area contributed by atoms with Gasteiger partial charge in [0, 0.05) is 43.2 Å². The number of rotatable bonds is 12. The lowest BCUT2D eigenvalue weighted by atomic mass is 9.90. The summed E-state index contributed by atoms with van der Waals surface area (Å²) in [6.45, 7) is 12.6. The minimum absolute atomic E-state index is 0.363. The molecule has 0 aliphatic heterocycles. The van der Waals surface area contributed by atoms with Crippen LogP contribution in [0.5, 0.6) is 0 Å². The normalized spacial score (nSPS) is 13.1. The molecule has 1 N–H and O–H groups in total. The van der Waals surface area contributed by atoms with Gasteiger partial charge in [0.1, 0.15) is 5.69 Å². The van der Waals surface area contributed by atoms with Gasteiger partial charge in [0.15, 0.2) is 0 Å². The van der Waals surface area contributed by atoms with E-state index in [9.17, 15) is 9.90 Å². The van der Waals surface area contributed by atoms with Crippen LogP contribution in [0.25, 0.3) is 11.3 Å². The molecule has 0 spiro atoms. The summed E-state index contributed by atoms with van der Waals surface area (Å²) in [5, 5.41) is 14.8. The third-order valence-corrected chi connectivity index (χ3v) is 7.03. The Hall–Kier alpha value is -2.21. The lowest BCUT2D eigenvalue weighted by Crippen LogP contribution is -2.36. The number of aromatic nitrogens is 3. The van der Waals surface area contributed by atoms with Gasteiger partial charge in [0.25, 0.3) is 0 Å². The van der Waals surface area contributed by atoms with Crippen LogP contribution in [0.15, 0.2) is 18.5 Å². The maximum Gasteiger partial charge on any atom is 0.354 e. The van der Waals surface area contributed by atoms with Gasteiger partial charge in [-0.15, -0.1) is 0 Å². The van der Waals surface area contributed by atoms with Crippen LogP contribution in [0.3, 0.4) is 0 Å². The van der Waals surface area contributed by atoms with Crippen molar-refractivity contribution >= 4 is 5.97 Å². The first-order valence-electron chi connectivity index (χ1n) is 12.0. The van der Waals surface area contributed by atoms with Crippen molar-refractivity contribution < 1.29 is 9.90 Å². The highest BCUT2D eigenvalue weighted by atomic mass is 16.4. The van der Waals surface area contributed by atoms with Crippen LogP contribution in [-0.2, 0) is 19.4 Å². The lowest BCUT2D eigenvalue weighted by molar-refractivity contribution is 0.0680. The molecule has 0 unspecified atom stereocenters. The molecular weight excluding hydrogens is 388 g/mol. The number of carbonyl (C=O) groups is 1. The quantitative estimate of drug-likeness (QED) is 0.522. The Morgan fingerprint density at radius 3 is 2.32 bits per heavy atom. The summed E-state index contributed by atoms with van der Waals surface area (Å²) >= 11 is 0. The number of aryl methyl sites for hydroxylation is 1. The second kappa shape index (κ2) is 10.9. The number of carboxylic acids is 1. The van der Waals surface area contributed by atoms with Crippen LogP contribution >= 0.6 is 0 Å². The van der Waals surface area contributed by atoms with Crippen LogP contribution in [0.4, 0.5) is 0 Å². The summed E-state index contributed by atoms with van der Waals surface area (Å²) < 4.78 is 1.75. The molecule has 0 aromatic carbocycles. The maximum absolute atomic E-state index is 12.2. The lowest BCUT2D eigenvalue weighted by Gasteiger charge is -2.29. The van der Waals surface area contributed by atoms with Crippen LogP contribution in [-0.4, -0.2) is 50.4 Å². The van der Waals surface area contributed by atoms with Crippen LogP contribution < -0.4 is 0 Å². The molecule has 170 valence electrons. The molecule has 2 heterocycles. The molecule has 6 heteroatoms. The Balaban J connectivity index is 1.85. The van der Waals surface area contributed by atoms with E-state index < -0.39 is 5.97 Å². The van der Waals surface area contributed by atoms with Gasteiger partial charge >= 0.3 is 5.97 Å². The third kappa shape index (κ3) is 5.35. The highest BCUT2D eigenvalue weighted by Gasteiger charge is 2.28. The predicted molar refractivity (Wildman–Crippen MR) is 124 cm³/mol. The molecule has 3 rings (SSSR count). The summed E-state index contributed by atoms with van der Waals surface area (Å²) in [7, 11) is 0. The van der Waals surface area contributed by atoms with E-state index in [0.717, 1.165) is 48.4 Å². The van der Waals surface area contributed by atoms with Gasteiger partial charge in [-0.2, -0.15) is 5.10 Å². The second-order valence-corrected chi connectivity index (χ2v) is 8.86. The van der Waals surface area contributed by atoms with Crippen LogP contribution in [0.2, 0.25) is 0 Å². The zero-order valence-corrected chi connectivity index (χ0v) is 19.6. The van der Waals surface area contributed by atoms with E-state index in [1.807, 2.05) is 12.3 Å². The van der Waals surface area contributed by atoms with E-state index in [2.05, 4.69) is 37.6 Å². The van der Waals surface area contributed by atoms with Gasteiger partial charge in [0.05, 0.1) is 12.2 Å². The number of fused-ring (bicyclic) bond motifs is 3. The fraction of sp³-hybridized carbons (Fsp3) is 0.640.